The zero-order valence-corrected chi connectivity index (χ0v) is 10.6. The predicted octanol–water partition coefficient (Wildman–Crippen LogP) is 4.08. The van der Waals surface area contributed by atoms with Gasteiger partial charge in [-0.05, 0) is 48.9 Å². The zero-order valence-electron chi connectivity index (χ0n) is 9.00. The Bertz CT molecular complexity index is 492. The Morgan fingerprint density at radius 2 is 1.75 bits per heavy atom. The van der Waals surface area contributed by atoms with Crippen LogP contribution in [-0.4, -0.2) is 0 Å². The van der Waals surface area contributed by atoms with Crippen LogP contribution in [0.25, 0.3) is 0 Å². The van der Waals surface area contributed by atoms with Crippen LogP contribution in [0.5, 0.6) is 0 Å². The SMILES string of the molecule is Cc1ccc(N)c(Nc2ccc(Br)cc2)c1. The summed E-state index contributed by atoms with van der Waals surface area (Å²) >= 11 is 3.40. The molecule has 0 heterocycles. The highest BCUT2D eigenvalue weighted by molar-refractivity contribution is 9.10. The van der Waals surface area contributed by atoms with Crippen molar-refractivity contribution in [2.24, 2.45) is 0 Å². The van der Waals surface area contributed by atoms with Crippen LogP contribution in [-0.2, 0) is 0 Å². The Kier molecular flexibility index (Phi) is 3.15. The number of benzene rings is 2. The molecule has 0 radical (unpaired) electrons. The zero-order chi connectivity index (χ0) is 11.5. The number of rotatable bonds is 2. The molecule has 2 rings (SSSR count). The standard InChI is InChI=1S/C13H13BrN2/c1-9-2-7-12(15)13(8-9)16-11-5-3-10(14)4-6-11/h2-8,16H,15H2,1H3. The van der Waals surface area contributed by atoms with Gasteiger partial charge in [0.25, 0.3) is 0 Å². The van der Waals surface area contributed by atoms with Crippen LogP contribution < -0.4 is 11.1 Å². The van der Waals surface area contributed by atoms with E-state index in [1.54, 1.807) is 0 Å². The van der Waals surface area contributed by atoms with Crippen LogP contribution in [0.15, 0.2) is 46.9 Å². The minimum Gasteiger partial charge on any atom is -0.397 e. The van der Waals surface area contributed by atoms with Gasteiger partial charge in [-0.1, -0.05) is 22.0 Å². The number of nitrogens with one attached hydrogen (secondary N) is 1. The molecule has 0 bridgehead atoms. The molecule has 2 aromatic rings. The number of anilines is 3. The molecule has 0 spiro atoms. The molecular formula is C13H13BrN2. The van der Waals surface area contributed by atoms with E-state index in [4.69, 9.17) is 5.73 Å². The van der Waals surface area contributed by atoms with Crippen molar-refractivity contribution in [2.45, 2.75) is 6.92 Å². The Hall–Kier alpha value is -1.48. The van der Waals surface area contributed by atoms with Crippen LogP contribution in [0.2, 0.25) is 0 Å². The van der Waals surface area contributed by atoms with E-state index in [-0.39, 0.29) is 0 Å². The second-order valence-corrected chi connectivity index (χ2v) is 4.64. The van der Waals surface area contributed by atoms with E-state index in [0.717, 1.165) is 21.5 Å². The largest absolute Gasteiger partial charge is 0.397 e. The van der Waals surface area contributed by atoms with E-state index in [0.29, 0.717) is 0 Å². The van der Waals surface area contributed by atoms with Gasteiger partial charge in [0, 0.05) is 10.2 Å². The number of hydrogen-bond acceptors (Lipinski definition) is 2. The second-order valence-electron chi connectivity index (χ2n) is 3.72. The maximum absolute atomic E-state index is 5.90. The minimum absolute atomic E-state index is 0.758. The van der Waals surface area contributed by atoms with Gasteiger partial charge in [0.05, 0.1) is 11.4 Å². The summed E-state index contributed by atoms with van der Waals surface area (Å²) in [6.07, 6.45) is 0. The van der Waals surface area contributed by atoms with Gasteiger partial charge in [0.15, 0.2) is 0 Å². The lowest BCUT2D eigenvalue weighted by Crippen LogP contribution is -1.96. The first-order valence-electron chi connectivity index (χ1n) is 5.04. The Labute approximate surface area is 104 Å². The highest BCUT2D eigenvalue weighted by Gasteiger charge is 1.99. The summed E-state index contributed by atoms with van der Waals surface area (Å²) in [5, 5.41) is 3.29. The number of aryl methyl sites for hydroxylation is 1. The molecule has 0 aliphatic carbocycles. The van der Waals surface area contributed by atoms with Gasteiger partial charge in [-0.15, -0.1) is 0 Å². The van der Waals surface area contributed by atoms with Crippen LogP contribution in [0.1, 0.15) is 5.56 Å². The van der Waals surface area contributed by atoms with Crippen molar-refractivity contribution in [1.82, 2.24) is 0 Å². The molecule has 2 aromatic carbocycles. The Morgan fingerprint density at radius 1 is 1.06 bits per heavy atom. The van der Waals surface area contributed by atoms with Crippen LogP contribution in [0.3, 0.4) is 0 Å². The highest BCUT2D eigenvalue weighted by Crippen LogP contribution is 2.24. The molecule has 3 N–H and O–H groups in total. The van der Waals surface area contributed by atoms with Crippen LogP contribution >= 0.6 is 15.9 Å². The van der Waals surface area contributed by atoms with Gasteiger partial charge in [-0.25, -0.2) is 0 Å². The normalized spacial score (nSPS) is 10.1. The van der Waals surface area contributed by atoms with Crippen molar-refractivity contribution in [3.63, 3.8) is 0 Å². The molecule has 0 aliphatic heterocycles. The quantitative estimate of drug-likeness (QED) is 0.811. The van der Waals surface area contributed by atoms with E-state index in [1.807, 2.05) is 49.4 Å². The maximum Gasteiger partial charge on any atom is 0.0620 e. The topological polar surface area (TPSA) is 38.0 Å². The van der Waals surface area contributed by atoms with E-state index >= 15 is 0 Å². The highest BCUT2D eigenvalue weighted by atomic mass is 79.9. The van der Waals surface area contributed by atoms with E-state index in [9.17, 15) is 0 Å². The lowest BCUT2D eigenvalue weighted by Gasteiger charge is -2.10. The molecule has 0 atom stereocenters. The first-order chi connectivity index (χ1) is 7.65. The number of nitrogens with two attached hydrogens (primary N) is 1. The van der Waals surface area contributed by atoms with Crippen molar-refractivity contribution in [1.29, 1.82) is 0 Å². The Morgan fingerprint density at radius 3 is 2.44 bits per heavy atom. The lowest BCUT2D eigenvalue weighted by atomic mass is 10.2. The summed E-state index contributed by atoms with van der Waals surface area (Å²) in [4.78, 5) is 0. The average Bonchev–Trinajstić information content (AvgIpc) is 2.27. The predicted molar refractivity (Wildman–Crippen MR) is 73.0 cm³/mol. The summed E-state index contributed by atoms with van der Waals surface area (Å²) < 4.78 is 1.07. The summed E-state index contributed by atoms with van der Waals surface area (Å²) in [7, 11) is 0. The third-order valence-electron chi connectivity index (χ3n) is 2.33. The van der Waals surface area contributed by atoms with Gasteiger partial charge in [-0.3, -0.25) is 0 Å². The second kappa shape index (κ2) is 4.58. The van der Waals surface area contributed by atoms with E-state index in [1.165, 1.54) is 5.56 Å². The fourth-order valence-electron chi connectivity index (χ4n) is 1.47. The number of hydrogen-bond donors (Lipinski definition) is 2. The third kappa shape index (κ3) is 2.55. The molecule has 82 valence electrons. The summed E-state index contributed by atoms with van der Waals surface area (Å²) in [5.74, 6) is 0. The Balaban J connectivity index is 2.26. The molecule has 2 nitrogen and oxygen atoms in total. The number of nitrogen functional groups attached to an aromatic ring is 1. The van der Waals surface area contributed by atoms with Crippen LogP contribution in [0.4, 0.5) is 17.1 Å². The molecule has 0 fully saturated rings. The molecule has 0 amide bonds. The molecule has 0 unspecified atom stereocenters. The fourth-order valence-corrected chi connectivity index (χ4v) is 1.73. The van der Waals surface area contributed by atoms with E-state index < -0.39 is 0 Å². The van der Waals surface area contributed by atoms with Crippen molar-refractivity contribution >= 4 is 33.0 Å². The first-order valence-corrected chi connectivity index (χ1v) is 5.83. The molecule has 16 heavy (non-hydrogen) atoms. The molecule has 0 saturated carbocycles. The van der Waals surface area contributed by atoms with Crippen molar-refractivity contribution in [3.8, 4) is 0 Å². The smallest absolute Gasteiger partial charge is 0.0620 e. The average molecular weight is 277 g/mol. The first kappa shape index (κ1) is 11.0. The summed E-state index contributed by atoms with van der Waals surface area (Å²) in [6.45, 7) is 2.05. The minimum atomic E-state index is 0.758. The van der Waals surface area contributed by atoms with Gasteiger partial charge < -0.3 is 11.1 Å². The third-order valence-corrected chi connectivity index (χ3v) is 2.86. The molecule has 0 aliphatic rings. The maximum atomic E-state index is 5.90. The lowest BCUT2D eigenvalue weighted by molar-refractivity contribution is 1.45. The van der Waals surface area contributed by atoms with Crippen LogP contribution in [0, 0.1) is 6.92 Å². The van der Waals surface area contributed by atoms with Crippen molar-refractivity contribution in [2.75, 3.05) is 11.1 Å². The van der Waals surface area contributed by atoms with Crippen molar-refractivity contribution < 1.29 is 0 Å². The monoisotopic (exact) mass is 276 g/mol. The summed E-state index contributed by atoms with van der Waals surface area (Å²) in [6, 6.07) is 14.0. The van der Waals surface area contributed by atoms with Crippen molar-refractivity contribution in [3.05, 3.63) is 52.5 Å². The van der Waals surface area contributed by atoms with Gasteiger partial charge in [-0.2, -0.15) is 0 Å². The van der Waals surface area contributed by atoms with Gasteiger partial charge >= 0.3 is 0 Å². The summed E-state index contributed by atoms with van der Waals surface area (Å²) in [5.41, 5.74) is 9.82. The molecule has 0 aromatic heterocycles. The fraction of sp³-hybridized carbons (Fsp3) is 0.0769. The molecule has 3 heteroatoms. The molecular weight excluding hydrogens is 264 g/mol. The van der Waals surface area contributed by atoms with Gasteiger partial charge in [0.1, 0.15) is 0 Å². The van der Waals surface area contributed by atoms with Gasteiger partial charge in [0.2, 0.25) is 0 Å². The van der Waals surface area contributed by atoms with E-state index in [2.05, 4.69) is 21.2 Å². The number of halogens is 1. The molecule has 0 saturated heterocycles.